The van der Waals surface area contributed by atoms with E-state index in [9.17, 15) is 4.79 Å². The van der Waals surface area contributed by atoms with Crippen molar-refractivity contribution in [1.29, 1.82) is 0 Å². The van der Waals surface area contributed by atoms with Crippen molar-refractivity contribution in [1.82, 2.24) is 9.80 Å². The second kappa shape index (κ2) is 8.37. The summed E-state index contributed by atoms with van der Waals surface area (Å²) in [4.78, 5) is 17.3. The number of hydrogen-bond acceptors (Lipinski definition) is 3. The van der Waals surface area contributed by atoms with E-state index in [2.05, 4.69) is 30.9 Å². The summed E-state index contributed by atoms with van der Waals surface area (Å²) in [5, 5.41) is 0. The maximum absolute atomic E-state index is 12.8. The molecule has 1 aliphatic heterocycles. The average Bonchev–Trinajstić information content (AvgIpc) is 2.89. The highest BCUT2D eigenvalue weighted by Crippen LogP contribution is 2.16. The van der Waals surface area contributed by atoms with Crippen molar-refractivity contribution < 1.29 is 9.53 Å². The molecule has 0 saturated carbocycles. The number of rotatable bonds is 4. The molecule has 0 aromatic heterocycles. The number of ether oxygens (including phenoxy) is 1. The largest absolute Gasteiger partial charge is 0.497 e. The van der Waals surface area contributed by atoms with Crippen LogP contribution in [-0.2, 0) is 6.54 Å². The van der Waals surface area contributed by atoms with Gasteiger partial charge >= 0.3 is 0 Å². The molecule has 0 bridgehead atoms. The normalized spacial score (nSPS) is 15.6. The monoisotopic (exact) mass is 352 g/mol. The highest BCUT2D eigenvalue weighted by atomic mass is 16.5. The molecule has 1 amide bonds. The summed E-state index contributed by atoms with van der Waals surface area (Å²) in [6.45, 7) is 8.57. The fraction of sp³-hybridized carbons (Fsp3) is 0.409. The van der Waals surface area contributed by atoms with Crippen molar-refractivity contribution in [2.75, 3.05) is 33.3 Å². The van der Waals surface area contributed by atoms with Gasteiger partial charge in [0.1, 0.15) is 5.75 Å². The van der Waals surface area contributed by atoms with Crippen LogP contribution in [0.15, 0.2) is 42.5 Å². The zero-order valence-corrected chi connectivity index (χ0v) is 16.0. The molecule has 1 heterocycles. The Morgan fingerprint density at radius 3 is 2.42 bits per heavy atom. The summed E-state index contributed by atoms with van der Waals surface area (Å²) >= 11 is 0. The minimum atomic E-state index is 0.152. The molecule has 0 unspecified atom stereocenters. The van der Waals surface area contributed by atoms with E-state index in [0.29, 0.717) is 0 Å². The minimum absolute atomic E-state index is 0.152. The van der Waals surface area contributed by atoms with Crippen molar-refractivity contribution in [3.05, 3.63) is 64.7 Å². The first-order valence-electron chi connectivity index (χ1n) is 9.28. The lowest BCUT2D eigenvalue weighted by molar-refractivity contribution is 0.0761. The van der Waals surface area contributed by atoms with Crippen LogP contribution in [0.3, 0.4) is 0 Å². The van der Waals surface area contributed by atoms with Crippen LogP contribution in [0, 0.1) is 13.8 Å². The van der Waals surface area contributed by atoms with Gasteiger partial charge in [0.15, 0.2) is 0 Å². The highest BCUT2D eigenvalue weighted by Gasteiger charge is 2.20. The van der Waals surface area contributed by atoms with Gasteiger partial charge in [0.2, 0.25) is 0 Å². The molecule has 1 saturated heterocycles. The number of carbonyl (C=O) groups excluding carboxylic acids is 1. The fourth-order valence-corrected chi connectivity index (χ4v) is 3.38. The molecular formula is C22H28N2O2. The predicted octanol–water partition coefficient (Wildman–Crippen LogP) is 3.66. The average molecular weight is 352 g/mol. The Bertz CT molecular complexity index is 755. The molecule has 138 valence electrons. The standard InChI is InChI=1S/C22H28N2O2/c1-17-5-8-20(15-18(17)2)22(25)24-12-4-11-23(13-14-24)16-19-6-9-21(26-3)10-7-19/h5-10,15H,4,11-14,16H2,1-3H3. The molecule has 0 radical (unpaired) electrons. The summed E-state index contributed by atoms with van der Waals surface area (Å²) < 4.78 is 5.22. The third-order valence-electron chi connectivity index (χ3n) is 5.19. The van der Waals surface area contributed by atoms with Crippen molar-refractivity contribution in [2.45, 2.75) is 26.8 Å². The predicted molar refractivity (Wildman–Crippen MR) is 105 cm³/mol. The van der Waals surface area contributed by atoms with Crippen LogP contribution >= 0.6 is 0 Å². The summed E-state index contributed by atoms with van der Waals surface area (Å²) in [5.74, 6) is 1.04. The first-order chi connectivity index (χ1) is 12.6. The van der Waals surface area contributed by atoms with Crippen LogP contribution < -0.4 is 4.74 Å². The van der Waals surface area contributed by atoms with Gasteiger partial charge in [0.05, 0.1) is 7.11 Å². The SMILES string of the molecule is COc1ccc(CN2CCCN(C(=O)c3ccc(C)c(C)c3)CC2)cc1. The van der Waals surface area contributed by atoms with Crippen LogP contribution in [-0.4, -0.2) is 49.0 Å². The Hall–Kier alpha value is -2.33. The van der Waals surface area contributed by atoms with E-state index in [0.717, 1.165) is 50.5 Å². The van der Waals surface area contributed by atoms with Crippen LogP contribution in [0.2, 0.25) is 0 Å². The minimum Gasteiger partial charge on any atom is -0.497 e. The fourth-order valence-electron chi connectivity index (χ4n) is 3.38. The zero-order chi connectivity index (χ0) is 18.5. The van der Waals surface area contributed by atoms with Gasteiger partial charge in [-0.15, -0.1) is 0 Å². The van der Waals surface area contributed by atoms with E-state index < -0.39 is 0 Å². The maximum Gasteiger partial charge on any atom is 0.253 e. The lowest BCUT2D eigenvalue weighted by atomic mass is 10.1. The summed E-state index contributed by atoms with van der Waals surface area (Å²) in [7, 11) is 1.69. The van der Waals surface area contributed by atoms with E-state index >= 15 is 0 Å². The smallest absolute Gasteiger partial charge is 0.253 e. The molecule has 4 nitrogen and oxygen atoms in total. The lowest BCUT2D eigenvalue weighted by Gasteiger charge is -2.22. The van der Waals surface area contributed by atoms with Crippen molar-refractivity contribution in [3.8, 4) is 5.75 Å². The Morgan fingerprint density at radius 2 is 1.73 bits per heavy atom. The first-order valence-corrected chi connectivity index (χ1v) is 9.28. The van der Waals surface area contributed by atoms with Crippen LogP contribution in [0.5, 0.6) is 5.75 Å². The number of benzene rings is 2. The third kappa shape index (κ3) is 4.44. The highest BCUT2D eigenvalue weighted by molar-refractivity contribution is 5.94. The molecule has 0 spiro atoms. The van der Waals surface area contributed by atoms with Crippen LogP contribution in [0.4, 0.5) is 0 Å². The molecule has 3 rings (SSSR count). The van der Waals surface area contributed by atoms with E-state index in [1.165, 1.54) is 16.7 Å². The second-order valence-electron chi connectivity index (χ2n) is 7.07. The Kier molecular flexibility index (Phi) is 5.94. The second-order valence-corrected chi connectivity index (χ2v) is 7.07. The zero-order valence-electron chi connectivity index (χ0n) is 16.0. The molecule has 0 N–H and O–H groups in total. The number of amides is 1. The maximum atomic E-state index is 12.8. The Balaban J connectivity index is 1.60. The van der Waals surface area contributed by atoms with Crippen LogP contribution in [0.25, 0.3) is 0 Å². The van der Waals surface area contributed by atoms with Crippen LogP contribution in [0.1, 0.15) is 33.5 Å². The number of nitrogens with zero attached hydrogens (tertiary/aromatic N) is 2. The molecule has 2 aromatic rings. The van der Waals surface area contributed by atoms with Gasteiger partial charge in [-0.3, -0.25) is 9.69 Å². The van der Waals surface area contributed by atoms with Gasteiger partial charge in [-0.25, -0.2) is 0 Å². The van der Waals surface area contributed by atoms with Gasteiger partial charge in [0.25, 0.3) is 5.91 Å². The molecule has 4 heteroatoms. The third-order valence-corrected chi connectivity index (χ3v) is 5.19. The topological polar surface area (TPSA) is 32.8 Å². The van der Waals surface area contributed by atoms with Gasteiger partial charge in [-0.2, -0.15) is 0 Å². The van der Waals surface area contributed by atoms with E-state index in [1.54, 1.807) is 7.11 Å². The quantitative estimate of drug-likeness (QED) is 0.842. The molecule has 2 aromatic carbocycles. The van der Waals surface area contributed by atoms with Crippen molar-refractivity contribution >= 4 is 5.91 Å². The van der Waals surface area contributed by atoms with E-state index in [4.69, 9.17) is 4.74 Å². The Labute approximate surface area is 156 Å². The summed E-state index contributed by atoms with van der Waals surface area (Å²) in [6.07, 6.45) is 1.01. The molecule has 0 aliphatic carbocycles. The van der Waals surface area contributed by atoms with E-state index in [1.807, 2.05) is 35.2 Å². The first kappa shape index (κ1) is 18.5. The summed E-state index contributed by atoms with van der Waals surface area (Å²) in [5.41, 5.74) is 4.48. The lowest BCUT2D eigenvalue weighted by Crippen LogP contribution is -2.35. The molecule has 0 atom stereocenters. The van der Waals surface area contributed by atoms with Gasteiger partial charge in [-0.05, 0) is 61.2 Å². The van der Waals surface area contributed by atoms with Gasteiger partial charge < -0.3 is 9.64 Å². The number of carbonyl (C=O) groups is 1. The molecule has 26 heavy (non-hydrogen) atoms. The van der Waals surface area contributed by atoms with E-state index in [-0.39, 0.29) is 5.91 Å². The van der Waals surface area contributed by atoms with Crippen molar-refractivity contribution in [2.24, 2.45) is 0 Å². The molecule has 1 fully saturated rings. The number of hydrogen-bond donors (Lipinski definition) is 0. The summed E-state index contributed by atoms with van der Waals surface area (Å²) in [6, 6.07) is 14.2. The molecule has 1 aliphatic rings. The van der Waals surface area contributed by atoms with Crippen molar-refractivity contribution in [3.63, 3.8) is 0 Å². The number of methoxy groups -OCH3 is 1. The Morgan fingerprint density at radius 1 is 0.962 bits per heavy atom. The van der Waals surface area contributed by atoms with Gasteiger partial charge in [-0.1, -0.05) is 18.2 Å². The number of aryl methyl sites for hydroxylation is 2. The molecular weight excluding hydrogens is 324 g/mol. The van der Waals surface area contributed by atoms with Gasteiger partial charge in [0, 0.05) is 38.3 Å².